The summed E-state index contributed by atoms with van der Waals surface area (Å²) in [6.07, 6.45) is 1.40. The number of halogens is 4. The Morgan fingerprint density at radius 2 is 1.86 bits per heavy atom. The van der Waals surface area contributed by atoms with E-state index >= 15 is 0 Å². The maximum Gasteiger partial charge on any atom is 0.266 e. The normalized spacial score (nSPS) is 12.6. The molecule has 5 nitrogen and oxygen atoms in total. The van der Waals surface area contributed by atoms with Crippen LogP contribution in [0.15, 0.2) is 46.8 Å². The van der Waals surface area contributed by atoms with Crippen molar-refractivity contribution in [1.82, 2.24) is 4.98 Å². The first-order valence-electron chi connectivity index (χ1n) is 7.80. The second-order valence-electron chi connectivity index (χ2n) is 5.74. The van der Waals surface area contributed by atoms with Crippen molar-refractivity contribution in [2.75, 3.05) is 10.0 Å². The van der Waals surface area contributed by atoms with E-state index in [0.717, 1.165) is 35.6 Å². The number of nitrogens with one attached hydrogen (secondary N) is 2. The Morgan fingerprint density at radius 1 is 1.11 bits per heavy atom. The minimum absolute atomic E-state index is 0.0599. The van der Waals surface area contributed by atoms with Crippen molar-refractivity contribution in [1.29, 1.82) is 0 Å². The lowest BCUT2D eigenvalue weighted by Gasteiger charge is -2.18. The molecule has 11 heteroatoms. The van der Waals surface area contributed by atoms with Crippen LogP contribution in [0.25, 0.3) is 0 Å². The van der Waals surface area contributed by atoms with Crippen molar-refractivity contribution in [2.45, 2.75) is 17.9 Å². The van der Waals surface area contributed by atoms with Crippen LogP contribution in [0.4, 0.5) is 24.0 Å². The highest BCUT2D eigenvalue weighted by atomic mass is 35.5. The summed E-state index contributed by atoms with van der Waals surface area (Å²) in [4.78, 5) is 3.15. The number of benzene rings is 2. The molecule has 0 aliphatic heterocycles. The molecule has 0 amide bonds. The van der Waals surface area contributed by atoms with Gasteiger partial charge in [0.25, 0.3) is 10.0 Å². The molecule has 0 radical (unpaired) electrons. The molecule has 1 aromatic heterocycles. The topological polar surface area (TPSA) is 71.1 Å². The molecular formula is C17H13ClF3N3O2S2. The minimum Gasteiger partial charge on any atom is -0.377 e. The third kappa shape index (κ3) is 4.40. The molecule has 2 N–H and O–H groups in total. The van der Waals surface area contributed by atoms with Crippen LogP contribution >= 0.6 is 22.9 Å². The maximum absolute atomic E-state index is 14.5. The van der Waals surface area contributed by atoms with Gasteiger partial charge in [0.05, 0.1) is 10.7 Å². The Balaban J connectivity index is 1.86. The monoisotopic (exact) mass is 447 g/mol. The van der Waals surface area contributed by atoms with Crippen molar-refractivity contribution in [3.63, 3.8) is 0 Å². The Kier molecular flexibility index (Phi) is 5.82. The predicted octanol–water partition coefficient (Wildman–Crippen LogP) is 5.19. The summed E-state index contributed by atoms with van der Waals surface area (Å²) in [5.74, 6) is -3.03. The number of thiazole rings is 1. The molecule has 2 aromatic carbocycles. The second kappa shape index (κ2) is 7.98. The molecule has 0 spiro atoms. The fourth-order valence-electron chi connectivity index (χ4n) is 2.39. The van der Waals surface area contributed by atoms with E-state index in [2.05, 4.69) is 15.0 Å². The van der Waals surface area contributed by atoms with Gasteiger partial charge in [-0.3, -0.25) is 4.72 Å². The molecule has 1 heterocycles. The zero-order valence-corrected chi connectivity index (χ0v) is 16.6. The van der Waals surface area contributed by atoms with Gasteiger partial charge >= 0.3 is 0 Å². The van der Waals surface area contributed by atoms with Gasteiger partial charge in [-0.05, 0) is 36.8 Å². The number of sulfonamides is 1. The van der Waals surface area contributed by atoms with Gasteiger partial charge < -0.3 is 5.32 Å². The van der Waals surface area contributed by atoms with E-state index in [4.69, 9.17) is 11.6 Å². The van der Waals surface area contributed by atoms with Crippen LogP contribution in [0.1, 0.15) is 18.5 Å². The fraction of sp³-hybridized carbons (Fsp3) is 0.118. The van der Waals surface area contributed by atoms with Crippen molar-refractivity contribution in [2.24, 2.45) is 0 Å². The number of anilines is 2. The van der Waals surface area contributed by atoms with E-state index in [9.17, 15) is 21.6 Å². The van der Waals surface area contributed by atoms with Gasteiger partial charge in [-0.1, -0.05) is 17.7 Å². The van der Waals surface area contributed by atoms with E-state index in [1.54, 1.807) is 12.3 Å². The first-order valence-corrected chi connectivity index (χ1v) is 10.5. The third-order valence-corrected chi connectivity index (χ3v) is 6.27. The minimum atomic E-state index is -4.22. The number of aromatic nitrogens is 1. The summed E-state index contributed by atoms with van der Waals surface area (Å²) in [5, 5.41) is 4.44. The highest BCUT2D eigenvalue weighted by Gasteiger charge is 2.23. The molecule has 0 fully saturated rings. The smallest absolute Gasteiger partial charge is 0.266 e. The summed E-state index contributed by atoms with van der Waals surface area (Å²) in [5.41, 5.74) is 0.502. The molecule has 0 bridgehead atoms. The Bertz CT molecular complexity index is 1110. The van der Waals surface area contributed by atoms with E-state index in [1.807, 2.05) is 0 Å². The van der Waals surface area contributed by atoms with Crippen LogP contribution in [0, 0.1) is 17.5 Å². The van der Waals surface area contributed by atoms with Gasteiger partial charge in [0.2, 0.25) is 0 Å². The molecular weight excluding hydrogens is 435 g/mol. The Morgan fingerprint density at radius 3 is 2.50 bits per heavy atom. The number of nitrogens with zero attached hydrogens (tertiary/aromatic N) is 1. The van der Waals surface area contributed by atoms with Gasteiger partial charge in [-0.25, -0.2) is 26.6 Å². The standard InChI is InChI=1S/C17H13ClF3N3O2S2/c1-9(10-2-3-12(19)13(20)6-10)23-15-8-14(21)16(7-11(15)18)28(25,26)24-17-22-4-5-27-17/h2-9,23H,1H3,(H,22,24). The van der Waals surface area contributed by atoms with Crippen molar-refractivity contribution in [3.8, 4) is 0 Å². The van der Waals surface area contributed by atoms with Crippen LogP contribution in [0.3, 0.4) is 0 Å². The highest BCUT2D eigenvalue weighted by Crippen LogP contribution is 2.32. The average molecular weight is 448 g/mol. The molecule has 1 unspecified atom stereocenters. The molecule has 28 heavy (non-hydrogen) atoms. The van der Waals surface area contributed by atoms with E-state index < -0.39 is 38.4 Å². The molecule has 0 saturated heterocycles. The average Bonchev–Trinajstić information content (AvgIpc) is 3.12. The highest BCUT2D eigenvalue weighted by molar-refractivity contribution is 7.93. The lowest BCUT2D eigenvalue weighted by molar-refractivity contribution is 0.506. The summed E-state index contributed by atoms with van der Waals surface area (Å²) in [6, 6.07) is 4.70. The van der Waals surface area contributed by atoms with Gasteiger partial charge in [0, 0.05) is 17.6 Å². The van der Waals surface area contributed by atoms with Gasteiger partial charge in [0.1, 0.15) is 10.7 Å². The summed E-state index contributed by atoms with van der Waals surface area (Å²) in [6.45, 7) is 1.63. The quantitative estimate of drug-likeness (QED) is 0.545. The Hall–Kier alpha value is -2.30. The number of rotatable bonds is 6. The zero-order chi connectivity index (χ0) is 20.5. The van der Waals surface area contributed by atoms with Crippen LogP contribution < -0.4 is 10.0 Å². The third-order valence-electron chi connectivity index (χ3n) is 3.78. The van der Waals surface area contributed by atoms with Gasteiger partial charge in [0.15, 0.2) is 16.8 Å². The van der Waals surface area contributed by atoms with Crippen LogP contribution in [-0.2, 0) is 10.0 Å². The van der Waals surface area contributed by atoms with E-state index in [0.29, 0.717) is 5.56 Å². The van der Waals surface area contributed by atoms with E-state index in [-0.39, 0.29) is 15.8 Å². The first kappa shape index (κ1) is 20.4. The molecule has 0 aliphatic carbocycles. The van der Waals surface area contributed by atoms with E-state index in [1.165, 1.54) is 12.3 Å². The molecule has 3 aromatic rings. The van der Waals surface area contributed by atoms with Gasteiger partial charge in [-0.2, -0.15) is 0 Å². The Labute approximate surface area is 168 Å². The van der Waals surface area contributed by atoms with Crippen molar-refractivity contribution < 1.29 is 21.6 Å². The summed E-state index contributed by atoms with van der Waals surface area (Å²) in [7, 11) is -4.22. The van der Waals surface area contributed by atoms with Crippen molar-refractivity contribution >= 4 is 43.8 Å². The molecule has 1 atom stereocenters. The van der Waals surface area contributed by atoms with Crippen LogP contribution in [0.2, 0.25) is 5.02 Å². The zero-order valence-electron chi connectivity index (χ0n) is 14.2. The number of hydrogen-bond acceptors (Lipinski definition) is 5. The summed E-state index contributed by atoms with van der Waals surface area (Å²) >= 11 is 7.15. The number of hydrogen-bond donors (Lipinski definition) is 2. The molecule has 0 saturated carbocycles. The van der Waals surface area contributed by atoms with Gasteiger partial charge in [-0.15, -0.1) is 11.3 Å². The van der Waals surface area contributed by atoms with Crippen LogP contribution in [-0.4, -0.2) is 13.4 Å². The molecule has 3 rings (SSSR count). The lowest BCUT2D eigenvalue weighted by Crippen LogP contribution is -2.15. The molecule has 148 valence electrons. The SMILES string of the molecule is CC(Nc1cc(F)c(S(=O)(=O)Nc2nccs2)cc1Cl)c1ccc(F)c(F)c1. The fourth-order valence-corrected chi connectivity index (χ4v) is 4.55. The second-order valence-corrected chi connectivity index (χ2v) is 8.70. The lowest BCUT2D eigenvalue weighted by atomic mass is 10.1. The predicted molar refractivity (Wildman–Crippen MR) is 103 cm³/mol. The largest absolute Gasteiger partial charge is 0.377 e. The molecule has 0 aliphatic rings. The first-order chi connectivity index (χ1) is 13.2. The summed E-state index contributed by atoms with van der Waals surface area (Å²) < 4.78 is 67.8. The van der Waals surface area contributed by atoms with Crippen molar-refractivity contribution in [3.05, 3.63) is 69.9 Å². The maximum atomic E-state index is 14.5. The van der Waals surface area contributed by atoms with Crippen LogP contribution in [0.5, 0.6) is 0 Å².